The predicted molar refractivity (Wildman–Crippen MR) is 110 cm³/mol. The van der Waals surface area contributed by atoms with Crippen LogP contribution in [-0.4, -0.2) is 35.5 Å². The van der Waals surface area contributed by atoms with Crippen molar-refractivity contribution in [3.8, 4) is 0 Å². The first-order chi connectivity index (χ1) is 13.0. The minimum atomic E-state index is -1.53. The molecule has 0 aliphatic rings. The predicted octanol–water partition coefficient (Wildman–Crippen LogP) is 2.12. The van der Waals surface area contributed by atoms with Crippen LogP contribution in [0.2, 0.25) is 0 Å². The highest BCUT2D eigenvalue weighted by Gasteiger charge is 2.11. The van der Waals surface area contributed by atoms with Gasteiger partial charge in [-0.1, -0.05) is 57.2 Å². The van der Waals surface area contributed by atoms with E-state index < -0.39 is 7.12 Å². The molecule has 0 atom stereocenters. The number of rotatable bonds is 14. The van der Waals surface area contributed by atoms with E-state index in [0.29, 0.717) is 24.1 Å². The summed E-state index contributed by atoms with van der Waals surface area (Å²) in [6.45, 7) is 4.12. The average Bonchev–Trinajstić information content (AvgIpc) is 2.65. The van der Waals surface area contributed by atoms with Gasteiger partial charge in [-0.3, -0.25) is 9.59 Å². The molecule has 0 saturated heterocycles. The smallest absolute Gasteiger partial charge is 0.423 e. The van der Waals surface area contributed by atoms with Crippen molar-refractivity contribution in [1.82, 2.24) is 5.32 Å². The Kier molecular flexibility index (Phi) is 11.9. The second-order valence-corrected chi connectivity index (χ2v) is 6.62. The van der Waals surface area contributed by atoms with Crippen molar-refractivity contribution in [3.63, 3.8) is 0 Å². The fourth-order valence-corrected chi connectivity index (χ4v) is 2.76. The van der Waals surface area contributed by atoms with Crippen LogP contribution in [0.3, 0.4) is 0 Å². The lowest BCUT2D eigenvalue weighted by Crippen LogP contribution is -2.30. The van der Waals surface area contributed by atoms with Gasteiger partial charge in [-0.05, 0) is 36.5 Å². The van der Waals surface area contributed by atoms with Crippen LogP contribution in [0.1, 0.15) is 57.8 Å². The van der Waals surface area contributed by atoms with Gasteiger partial charge in [-0.15, -0.1) is 0 Å². The average molecular weight is 374 g/mol. The molecule has 0 radical (unpaired) electrons. The van der Waals surface area contributed by atoms with Crippen LogP contribution in [0.15, 0.2) is 36.9 Å². The highest BCUT2D eigenvalue weighted by Crippen LogP contribution is 2.11. The van der Waals surface area contributed by atoms with Gasteiger partial charge in [0.1, 0.15) is 0 Å². The van der Waals surface area contributed by atoms with Crippen LogP contribution in [0.4, 0.5) is 5.69 Å². The molecule has 6 nitrogen and oxygen atoms in total. The molecular formula is C20H31BN2O4. The Bertz CT molecular complexity index is 593. The molecular weight excluding hydrogens is 343 g/mol. The number of anilines is 1. The third kappa shape index (κ3) is 11.3. The molecule has 0 spiro atoms. The second-order valence-electron chi connectivity index (χ2n) is 6.62. The topological polar surface area (TPSA) is 98.7 Å². The van der Waals surface area contributed by atoms with Crippen LogP contribution in [0.25, 0.3) is 0 Å². The summed E-state index contributed by atoms with van der Waals surface area (Å²) in [5, 5.41) is 23.8. The highest BCUT2D eigenvalue weighted by molar-refractivity contribution is 6.58. The first-order valence-electron chi connectivity index (χ1n) is 9.69. The fourth-order valence-electron chi connectivity index (χ4n) is 2.76. The summed E-state index contributed by atoms with van der Waals surface area (Å²) in [7, 11) is -1.53. The van der Waals surface area contributed by atoms with Gasteiger partial charge in [0.2, 0.25) is 11.8 Å². The van der Waals surface area contributed by atoms with E-state index in [1.54, 1.807) is 24.3 Å². The molecule has 7 heteroatoms. The highest BCUT2D eigenvalue weighted by atomic mass is 16.4. The number of unbranched alkanes of at least 4 members (excludes halogenated alkanes) is 7. The number of nitrogens with one attached hydrogen (secondary N) is 2. The summed E-state index contributed by atoms with van der Waals surface area (Å²) in [4.78, 5) is 22.9. The van der Waals surface area contributed by atoms with Crippen LogP contribution in [0, 0.1) is 0 Å². The van der Waals surface area contributed by atoms with E-state index in [1.165, 1.54) is 12.5 Å². The van der Waals surface area contributed by atoms with Crippen LogP contribution < -0.4 is 16.1 Å². The molecule has 1 rings (SSSR count). The van der Waals surface area contributed by atoms with Crippen molar-refractivity contribution in [3.05, 3.63) is 36.9 Å². The minimum absolute atomic E-state index is 0.0545. The van der Waals surface area contributed by atoms with Crippen LogP contribution in [-0.2, 0) is 9.59 Å². The zero-order valence-corrected chi connectivity index (χ0v) is 16.0. The van der Waals surface area contributed by atoms with E-state index in [1.807, 2.05) is 0 Å². The van der Waals surface area contributed by atoms with E-state index in [9.17, 15) is 9.59 Å². The van der Waals surface area contributed by atoms with Crippen molar-refractivity contribution >= 4 is 30.1 Å². The summed E-state index contributed by atoms with van der Waals surface area (Å²) in [6.07, 6.45) is 10.4. The maximum Gasteiger partial charge on any atom is 0.488 e. The summed E-state index contributed by atoms with van der Waals surface area (Å²) in [5.74, 6) is -0.168. The largest absolute Gasteiger partial charge is 0.488 e. The van der Waals surface area contributed by atoms with Gasteiger partial charge in [0.25, 0.3) is 0 Å². The first-order valence-corrected chi connectivity index (χ1v) is 9.69. The van der Waals surface area contributed by atoms with Crippen molar-refractivity contribution in [1.29, 1.82) is 0 Å². The third-order valence-corrected chi connectivity index (χ3v) is 4.28. The SMILES string of the molecule is C=CC(=O)NCCCCCCCCCCC(=O)Nc1cccc(B(O)O)c1. The van der Waals surface area contributed by atoms with Gasteiger partial charge in [-0.2, -0.15) is 0 Å². The quantitative estimate of drug-likeness (QED) is 0.228. The lowest BCUT2D eigenvalue weighted by molar-refractivity contribution is -0.117. The van der Waals surface area contributed by atoms with E-state index in [2.05, 4.69) is 17.2 Å². The Morgan fingerprint density at radius 2 is 1.63 bits per heavy atom. The second kappa shape index (κ2) is 14.0. The van der Waals surface area contributed by atoms with Crippen molar-refractivity contribution < 1.29 is 19.6 Å². The van der Waals surface area contributed by atoms with E-state index >= 15 is 0 Å². The number of hydrogen-bond acceptors (Lipinski definition) is 4. The Morgan fingerprint density at radius 3 is 2.26 bits per heavy atom. The maximum atomic E-state index is 11.9. The van der Waals surface area contributed by atoms with Gasteiger partial charge in [0, 0.05) is 18.7 Å². The molecule has 0 bridgehead atoms. The molecule has 0 aliphatic heterocycles. The Hall–Kier alpha value is -2.12. The maximum absolute atomic E-state index is 11.9. The van der Waals surface area contributed by atoms with E-state index in [4.69, 9.17) is 10.0 Å². The molecule has 148 valence electrons. The summed E-state index contributed by atoms with van der Waals surface area (Å²) in [5.41, 5.74) is 0.936. The van der Waals surface area contributed by atoms with E-state index in [-0.39, 0.29) is 11.8 Å². The summed E-state index contributed by atoms with van der Waals surface area (Å²) < 4.78 is 0. The molecule has 1 aromatic carbocycles. The molecule has 0 fully saturated rings. The zero-order valence-electron chi connectivity index (χ0n) is 16.0. The van der Waals surface area contributed by atoms with Crippen molar-refractivity contribution in [2.75, 3.05) is 11.9 Å². The zero-order chi connectivity index (χ0) is 19.9. The number of carbonyl (C=O) groups excluding carboxylic acids is 2. The number of hydrogen-bond donors (Lipinski definition) is 4. The first kappa shape index (κ1) is 22.9. The molecule has 1 aromatic rings. The lowest BCUT2D eigenvalue weighted by atomic mass is 9.80. The molecule has 4 N–H and O–H groups in total. The summed E-state index contributed by atoms with van der Waals surface area (Å²) in [6, 6.07) is 6.56. The van der Waals surface area contributed by atoms with Crippen molar-refractivity contribution in [2.24, 2.45) is 0 Å². The monoisotopic (exact) mass is 374 g/mol. The number of carbonyl (C=O) groups is 2. The van der Waals surface area contributed by atoms with Gasteiger partial charge >= 0.3 is 7.12 Å². The molecule has 27 heavy (non-hydrogen) atoms. The van der Waals surface area contributed by atoms with E-state index in [0.717, 1.165) is 44.9 Å². The standard InChI is InChI=1S/C20H31BN2O4/c1-2-19(24)22-15-10-8-6-4-3-5-7-9-14-20(25)23-18-13-11-12-17(16-18)21(26)27/h2,11-13,16,26-27H,1,3-10,14-15H2,(H,22,24)(H,23,25). The molecule has 0 aliphatic carbocycles. The molecule has 0 unspecified atom stereocenters. The van der Waals surface area contributed by atoms with Gasteiger partial charge < -0.3 is 20.7 Å². The van der Waals surface area contributed by atoms with Crippen molar-refractivity contribution in [2.45, 2.75) is 57.8 Å². The Morgan fingerprint density at radius 1 is 1.00 bits per heavy atom. The van der Waals surface area contributed by atoms with Crippen LogP contribution >= 0.6 is 0 Å². The molecule has 0 saturated carbocycles. The molecule has 2 amide bonds. The van der Waals surface area contributed by atoms with Gasteiger partial charge in [0.15, 0.2) is 0 Å². The Labute approximate surface area is 162 Å². The van der Waals surface area contributed by atoms with Gasteiger partial charge in [-0.25, -0.2) is 0 Å². The molecule has 0 aromatic heterocycles. The van der Waals surface area contributed by atoms with Crippen LogP contribution in [0.5, 0.6) is 0 Å². The summed E-state index contributed by atoms with van der Waals surface area (Å²) >= 11 is 0. The third-order valence-electron chi connectivity index (χ3n) is 4.28. The Balaban J connectivity index is 1.99. The number of benzene rings is 1. The minimum Gasteiger partial charge on any atom is -0.423 e. The normalized spacial score (nSPS) is 10.3. The molecule has 0 heterocycles. The fraction of sp³-hybridized carbons (Fsp3) is 0.500. The number of amides is 2. The van der Waals surface area contributed by atoms with Gasteiger partial charge in [0.05, 0.1) is 0 Å². The lowest BCUT2D eigenvalue weighted by Gasteiger charge is -2.07.